The minimum atomic E-state index is -0.833. The van der Waals surface area contributed by atoms with Gasteiger partial charge in [0.25, 0.3) is 11.9 Å². The smallest absolute Gasteiger partial charge is 0.350 e. The van der Waals surface area contributed by atoms with E-state index in [2.05, 4.69) is 25.4 Å². The van der Waals surface area contributed by atoms with Gasteiger partial charge in [0.2, 0.25) is 0 Å². The van der Waals surface area contributed by atoms with Gasteiger partial charge in [0.15, 0.2) is 24.1 Å². The van der Waals surface area contributed by atoms with Crippen LogP contribution in [0.3, 0.4) is 0 Å². The molecule has 208 valence electrons. The normalized spacial score (nSPS) is 14.5. The van der Waals surface area contributed by atoms with Crippen LogP contribution in [0, 0.1) is 5.41 Å². The second kappa shape index (κ2) is 12.1. The summed E-state index contributed by atoms with van der Waals surface area (Å²) in [5, 5.41) is 22.9. The number of amidine groups is 1. The van der Waals surface area contributed by atoms with Crippen LogP contribution in [0.4, 0.5) is 5.69 Å². The molecule has 14 nitrogen and oxygen atoms in total. The number of aromatic nitrogens is 5. The number of H-pyrrole nitrogens is 1. The van der Waals surface area contributed by atoms with Gasteiger partial charge in [-0.05, 0) is 55.0 Å². The molecule has 5 rings (SSSR count). The Bertz CT molecular complexity index is 1550. The van der Waals surface area contributed by atoms with Crippen LogP contribution >= 0.6 is 0 Å². The van der Waals surface area contributed by atoms with Gasteiger partial charge in [-0.1, -0.05) is 0 Å². The third-order valence-electron chi connectivity index (χ3n) is 5.78. The van der Waals surface area contributed by atoms with Crippen molar-refractivity contribution in [3.8, 4) is 17.4 Å². The van der Waals surface area contributed by atoms with Gasteiger partial charge in [0.05, 0.1) is 13.2 Å². The predicted molar refractivity (Wildman–Crippen MR) is 144 cm³/mol. The Morgan fingerprint density at radius 2 is 1.95 bits per heavy atom. The van der Waals surface area contributed by atoms with Crippen LogP contribution in [0.25, 0.3) is 5.95 Å². The molecule has 14 heteroatoms. The fourth-order valence-corrected chi connectivity index (χ4v) is 3.93. The minimum Gasteiger partial charge on any atom is -0.493 e. The van der Waals surface area contributed by atoms with Gasteiger partial charge in [0.1, 0.15) is 11.9 Å². The molecule has 2 aromatic heterocycles. The summed E-state index contributed by atoms with van der Waals surface area (Å²) in [6.07, 6.45) is 2.84. The molecular weight excluding hydrogens is 520 g/mol. The fraction of sp³-hybridized carbons (Fsp3) is 0.231. The second-order valence-corrected chi connectivity index (χ2v) is 8.58. The monoisotopic (exact) mass is 548 g/mol. The van der Waals surface area contributed by atoms with Crippen molar-refractivity contribution in [2.75, 3.05) is 19.2 Å². The molecule has 0 amide bonds. The van der Waals surface area contributed by atoms with Gasteiger partial charge >= 0.3 is 5.69 Å². The summed E-state index contributed by atoms with van der Waals surface area (Å²) in [7, 11) is 1.56. The van der Waals surface area contributed by atoms with Crippen LogP contribution in [-0.2, 0) is 9.53 Å². The summed E-state index contributed by atoms with van der Waals surface area (Å²) in [5.74, 6) is 0.756. The van der Waals surface area contributed by atoms with Crippen LogP contribution in [0.1, 0.15) is 48.5 Å². The number of carboxylic acid groups (broad SMARTS) is 1. The number of rotatable bonds is 7. The number of aromatic amines is 1. The molecule has 0 spiro atoms. The van der Waals surface area contributed by atoms with Crippen molar-refractivity contribution in [3.63, 3.8) is 0 Å². The number of anilines is 1. The Kier molecular flexibility index (Phi) is 8.39. The number of nitrogens with two attached hydrogens (primary N) is 1. The molecule has 3 heterocycles. The maximum absolute atomic E-state index is 12.8. The molecule has 1 unspecified atom stereocenters. The van der Waals surface area contributed by atoms with Crippen molar-refractivity contribution < 1.29 is 24.1 Å². The van der Waals surface area contributed by atoms with Gasteiger partial charge in [-0.25, -0.2) is 14.8 Å². The first-order valence-corrected chi connectivity index (χ1v) is 12.0. The highest BCUT2D eigenvalue weighted by molar-refractivity contribution is 5.95. The van der Waals surface area contributed by atoms with E-state index in [1.54, 1.807) is 37.4 Å². The highest BCUT2D eigenvalue weighted by Crippen LogP contribution is 2.42. The second-order valence-electron chi connectivity index (χ2n) is 8.58. The van der Waals surface area contributed by atoms with Crippen molar-refractivity contribution in [1.82, 2.24) is 24.7 Å². The zero-order valence-electron chi connectivity index (χ0n) is 21.9. The number of hydrogen-bond donors (Lipinski definition) is 5. The van der Waals surface area contributed by atoms with Gasteiger partial charge in [-0.3, -0.25) is 15.2 Å². The molecule has 2 aromatic carbocycles. The summed E-state index contributed by atoms with van der Waals surface area (Å²) in [5.41, 5.74) is 7.97. The quantitative estimate of drug-likeness (QED) is 0.167. The number of nitrogens with zero attached hydrogens (tertiary/aromatic N) is 4. The molecule has 0 bridgehead atoms. The first kappa shape index (κ1) is 27.8. The largest absolute Gasteiger partial charge is 0.493 e. The van der Waals surface area contributed by atoms with E-state index >= 15 is 0 Å². The lowest BCUT2D eigenvalue weighted by Crippen LogP contribution is -2.19. The number of hydrogen-bond acceptors (Lipinski definition) is 10. The Morgan fingerprint density at radius 3 is 2.58 bits per heavy atom. The van der Waals surface area contributed by atoms with Crippen LogP contribution < -0.4 is 26.2 Å². The van der Waals surface area contributed by atoms with Crippen LogP contribution in [0.2, 0.25) is 0 Å². The molecule has 2 atom stereocenters. The Hall–Kier alpha value is -5.24. The Balaban J connectivity index is 0.000000867. The number of ether oxygens (including phenoxy) is 3. The summed E-state index contributed by atoms with van der Waals surface area (Å²) in [4.78, 5) is 32.9. The van der Waals surface area contributed by atoms with Gasteiger partial charge in [-0.2, -0.15) is 0 Å². The molecule has 40 heavy (non-hydrogen) atoms. The average Bonchev–Trinajstić information content (AvgIpc) is 3.33. The van der Waals surface area contributed by atoms with E-state index in [4.69, 9.17) is 35.3 Å². The molecule has 6 N–H and O–H groups in total. The van der Waals surface area contributed by atoms with Gasteiger partial charge in [0, 0.05) is 36.1 Å². The van der Waals surface area contributed by atoms with Crippen molar-refractivity contribution in [1.29, 1.82) is 5.41 Å². The maximum Gasteiger partial charge on any atom is 0.350 e. The van der Waals surface area contributed by atoms with Gasteiger partial charge in [-0.15, -0.1) is 9.78 Å². The van der Waals surface area contributed by atoms with E-state index in [0.29, 0.717) is 28.6 Å². The molecule has 0 fully saturated rings. The third kappa shape index (κ3) is 6.24. The lowest BCUT2D eigenvalue weighted by Gasteiger charge is -2.27. The van der Waals surface area contributed by atoms with Crippen molar-refractivity contribution in [2.24, 2.45) is 5.73 Å². The molecule has 4 aromatic rings. The summed E-state index contributed by atoms with van der Waals surface area (Å²) in [6.45, 7) is 3.14. The average molecular weight is 549 g/mol. The Morgan fingerprint density at radius 1 is 1.27 bits per heavy atom. The maximum atomic E-state index is 12.8. The van der Waals surface area contributed by atoms with Crippen molar-refractivity contribution in [2.45, 2.75) is 26.0 Å². The van der Waals surface area contributed by atoms with E-state index in [1.165, 1.54) is 12.4 Å². The van der Waals surface area contributed by atoms with E-state index in [1.807, 2.05) is 19.1 Å². The highest BCUT2D eigenvalue weighted by atomic mass is 16.7. The number of nitrogen functional groups attached to an aromatic ring is 1. The zero-order chi connectivity index (χ0) is 28.8. The SMILES string of the molecule is CC(=O)O.COc1cc(C(Nc2ccc(C(=N)N)cc2)c2nn(-c3ncccn3)c(=O)[nH]2)cc2c1OCO[C@H]2C. The van der Waals surface area contributed by atoms with E-state index in [0.717, 1.165) is 22.7 Å². The van der Waals surface area contributed by atoms with E-state index in [9.17, 15) is 4.79 Å². The zero-order valence-corrected chi connectivity index (χ0v) is 21.9. The molecule has 0 saturated carbocycles. The number of carboxylic acids is 1. The van der Waals surface area contributed by atoms with Crippen LogP contribution in [-0.4, -0.2) is 55.5 Å². The fourth-order valence-electron chi connectivity index (χ4n) is 3.93. The minimum absolute atomic E-state index is 0.0301. The molecule has 1 aliphatic heterocycles. The topological polar surface area (TPSA) is 203 Å². The molecule has 0 saturated heterocycles. The summed E-state index contributed by atoms with van der Waals surface area (Å²) < 4.78 is 18.1. The van der Waals surface area contributed by atoms with E-state index < -0.39 is 17.7 Å². The van der Waals surface area contributed by atoms with E-state index in [-0.39, 0.29) is 24.7 Å². The number of carbonyl (C=O) groups is 1. The number of methoxy groups -OCH3 is 1. The molecule has 1 aliphatic rings. The molecule has 0 radical (unpaired) electrons. The van der Waals surface area contributed by atoms with Crippen molar-refractivity contribution >= 4 is 17.5 Å². The summed E-state index contributed by atoms with van der Waals surface area (Å²) in [6, 6.07) is 11.9. The molecular formula is C26H28N8O6. The van der Waals surface area contributed by atoms with Crippen molar-refractivity contribution in [3.05, 3.63) is 87.9 Å². The number of fused-ring (bicyclic) bond motifs is 1. The molecule has 0 aliphatic carbocycles. The highest BCUT2D eigenvalue weighted by Gasteiger charge is 2.28. The Labute approximate surface area is 228 Å². The first-order chi connectivity index (χ1) is 19.2. The lowest BCUT2D eigenvalue weighted by atomic mass is 9.98. The number of aliphatic carboxylic acids is 1. The predicted octanol–water partition coefficient (Wildman–Crippen LogP) is 2.36. The summed E-state index contributed by atoms with van der Waals surface area (Å²) >= 11 is 0. The first-order valence-electron chi connectivity index (χ1n) is 12.0. The standard InChI is InChI=1S/C24H24N8O4.C2H4O2/c1-13-17-10-15(11-18(34-2)20(17)36-12-35-13)19(29-16-6-4-14(5-7-16)21(25)26)22-30-24(33)32(31-22)23-27-8-3-9-28-23;1-2(3)4/h3-11,13,19,29H,12H2,1-2H3,(H3,25,26)(H,30,31,33);1H3,(H,3,4)/t13-,19?;/m0./s1. The van der Waals surface area contributed by atoms with Crippen LogP contribution in [0.15, 0.2) is 59.7 Å². The number of benzene rings is 2. The lowest BCUT2D eigenvalue weighted by molar-refractivity contribution is -0.134. The van der Waals surface area contributed by atoms with Gasteiger partial charge < -0.3 is 30.4 Å². The third-order valence-corrected chi connectivity index (χ3v) is 5.78. The van der Waals surface area contributed by atoms with Crippen LogP contribution in [0.5, 0.6) is 11.5 Å². The number of nitrogens with one attached hydrogen (secondary N) is 3.